The fourth-order valence-electron chi connectivity index (χ4n) is 4.46. The second-order valence-corrected chi connectivity index (χ2v) is 8.25. The maximum absolute atomic E-state index is 14.8. The molecule has 164 valence electrons. The number of rotatable bonds is 4. The topological polar surface area (TPSA) is 84.6 Å². The fraction of sp³-hybridized carbons (Fsp3) is 0.292. The van der Waals surface area contributed by atoms with E-state index in [2.05, 4.69) is 9.88 Å². The standard InChI is InChI=1S/C24H24FN5O2/c1-14-10-20(29-9-7-15(26)12-29)28-21(11-14)30-13-17-16(24(30)31)6-8-27-23(17)22-18(25)4-3-5-19(22)32-2/h3-6,8,10-11,15H,7,9,12-13,26H2,1-2H3. The molecular weight excluding hydrogens is 409 g/mol. The van der Waals surface area contributed by atoms with Gasteiger partial charge < -0.3 is 15.4 Å². The number of aromatic nitrogens is 2. The summed E-state index contributed by atoms with van der Waals surface area (Å²) < 4.78 is 20.1. The van der Waals surface area contributed by atoms with Crippen molar-refractivity contribution in [1.82, 2.24) is 9.97 Å². The van der Waals surface area contributed by atoms with Crippen LogP contribution in [0.1, 0.15) is 27.9 Å². The highest BCUT2D eigenvalue weighted by Gasteiger charge is 2.34. The van der Waals surface area contributed by atoms with E-state index in [1.54, 1.807) is 23.1 Å². The van der Waals surface area contributed by atoms with Gasteiger partial charge in [-0.05, 0) is 49.2 Å². The number of methoxy groups -OCH3 is 1. The minimum Gasteiger partial charge on any atom is -0.496 e. The molecule has 1 amide bonds. The molecule has 7 nitrogen and oxygen atoms in total. The summed E-state index contributed by atoms with van der Waals surface area (Å²) in [5.41, 5.74) is 8.89. The van der Waals surface area contributed by atoms with Crippen molar-refractivity contribution in [2.24, 2.45) is 5.73 Å². The largest absolute Gasteiger partial charge is 0.496 e. The first kappa shape index (κ1) is 20.4. The molecule has 2 aliphatic heterocycles. The number of amides is 1. The number of pyridine rings is 2. The van der Waals surface area contributed by atoms with E-state index in [1.807, 2.05) is 19.1 Å². The summed E-state index contributed by atoms with van der Waals surface area (Å²) in [4.78, 5) is 26.3. The third-order valence-electron chi connectivity index (χ3n) is 6.05. The molecule has 32 heavy (non-hydrogen) atoms. The summed E-state index contributed by atoms with van der Waals surface area (Å²) in [6, 6.07) is 10.3. The van der Waals surface area contributed by atoms with Crippen LogP contribution in [0.2, 0.25) is 0 Å². The first-order valence-corrected chi connectivity index (χ1v) is 10.6. The Bertz CT molecular complexity index is 1210. The molecule has 2 aromatic heterocycles. The highest BCUT2D eigenvalue weighted by molar-refractivity contribution is 6.10. The van der Waals surface area contributed by atoms with Gasteiger partial charge in [0.25, 0.3) is 5.91 Å². The van der Waals surface area contributed by atoms with Crippen LogP contribution in [0.15, 0.2) is 42.6 Å². The molecule has 1 fully saturated rings. The lowest BCUT2D eigenvalue weighted by Gasteiger charge is -2.21. The van der Waals surface area contributed by atoms with E-state index in [0.717, 1.165) is 30.9 Å². The number of fused-ring (bicyclic) bond motifs is 1. The lowest BCUT2D eigenvalue weighted by atomic mass is 10.0. The van der Waals surface area contributed by atoms with Crippen LogP contribution in [0.3, 0.4) is 0 Å². The van der Waals surface area contributed by atoms with Gasteiger partial charge in [0, 0.05) is 36.5 Å². The van der Waals surface area contributed by atoms with E-state index < -0.39 is 5.82 Å². The molecule has 4 heterocycles. The van der Waals surface area contributed by atoms with Gasteiger partial charge in [-0.1, -0.05) is 6.07 Å². The summed E-state index contributed by atoms with van der Waals surface area (Å²) in [7, 11) is 1.49. The number of nitrogens with zero attached hydrogens (tertiary/aromatic N) is 4. The molecule has 0 radical (unpaired) electrons. The molecule has 5 rings (SSSR count). The maximum Gasteiger partial charge on any atom is 0.260 e. The van der Waals surface area contributed by atoms with Crippen LogP contribution in [-0.4, -0.2) is 42.1 Å². The summed E-state index contributed by atoms with van der Waals surface area (Å²) in [5, 5.41) is 0. The SMILES string of the molecule is COc1cccc(F)c1-c1nccc2c1CN(c1cc(C)cc(N3CCC(N)C3)n1)C2=O. The van der Waals surface area contributed by atoms with E-state index in [1.165, 1.54) is 19.4 Å². The molecule has 2 N–H and O–H groups in total. The Balaban J connectivity index is 1.55. The number of hydrogen-bond acceptors (Lipinski definition) is 6. The minimum atomic E-state index is -0.447. The van der Waals surface area contributed by atoms with Crippen molar-refractivity contribution in [3.05, 3.63) is 65.1 Å². The zero-order valence-electron chi connectivity index (χ0n) is 18.0. The van der Waals surface area contributed by atoms with Crippen molar-refractivity contribution < 1.29 is 13.9 Å². The predicted octanol–water partition coefficient (Wildman–Crippen LogP) is 3.30. The molecule has 3 aromatic rings. The molecule has 8 heteroatoms. The average Bonchev–Trinajstić information content (AvgIpc) is 3.37. The quantitative estimate of drug-likeness (QED) is 0.680. The van der Waals surface area contributed by atoms with E-state index in [4.69, 9.17) is 15.5 Å². The van der Waals surface area contributed by atoms with E-state index in [-0.39, 0.29) is 24.1 Å². The van der Waals surface area contributed by atoms with E-state index >= 15 is 0 Å². The third kappa shape index (κ3) is 3.36. The van der Waals surface area contributed by atoms with Gasteiger partial charge in [-0.3, -0.25) is 14.7 Å². The fourth-order valence-corrected chi connectivity index (χ4v) is 4.46. The Morgan fingerprint density at radius 3 is 2.78 bits per heavy atom. The number of ether oxygens (including phenoxy) is 1. The number of aryl methyl sites for hydroxylation is 1. The highest BCUT2D eigenvalue weighted by atomic mass is 19.1. The Morgan fingerprint density at radius 2 is 2.03 bits per heavy atom. The minimum absolute atomic E-state index is 0.128. The smallest absolute Gasteiger partial charge is 0.260 e. The molecule has 2 aliphatic rings. The maximum atomic E-state index is 14.8. The second kappa shape index (κ2) is 7.87. The predicted molar refractivity (Wildman–Crippen MR) is 120 cm³/mol. The molecule has 0 saturated carbocycles. The van der Waals surface area contributed by atoms with Gasteiger partial charge in [0.1, 0.15) is 23.2 Å². The van der Waals surface area contributed by atoms with Gasteiger partial charge in [0.05, 0.1) is 24.9 Å². The number of carbonyl (C=O) groups excluding carboxylic acids is 1. The van der Waals surface area contributed by atoms with Gasteiger partial charge in [0.15, 0.2) is 0 Å². The lowest BCUT2D eigenvalue weighted by Crippen LogP contribution is -2.28. The second-order valence-electron chi connectivity index (χ2n) is 8.25. The van der Waals surface area contributed by atoms with Crippen molar-refractivity contribution in [2.75, 3.05) is 30.0 Å². The van der Waals surface area contributed by atoms with Crippen LogP contribution in [0.4, 0.5) is 16.0 Å². The van der Waals surface area contributed by atoms with Crippen LogP contribution < -0.4 is 20.3 Å². The summed E-state index contributed by atoms with van der Waals surface area (Å²) in [5.74, 6) is 1.12. The molecule has 0 aliphatic carbocycles. The zero-order chi connectivity index (χ0) is 22.4. The van der Waals surface area contributed by atoms with Crippen LogP contribution in [0.25, 0.3) is 11.3 Å². The van der Waals surface area contributed by atoms with Crippen LogP contribution >= 0.6 is 0 Å². The monoisotopic (exact) mass is 433 g/mol. The van der Waals surface area contributed by atoms with Crippen molar-refractivity contribution in [2.45, 2.75) is 25.9 Å². The van der Waals surface area contributed by atoms with Gasteiger partial charge in [-0.25, -0.2) is 9.37 Å². The number of benzene rings is 1. The molecule has 1 unspecified atom stereocenters. The number of carbonyl (C=O) groups is 1. The van der Waals surface area contributed by atoms with Crippen LogP contribution in [0, 0.1) is 12.7 Å². The number of hydrogen-bond donors (Lipinski definition) is 1. The number of halogens is 1. The van der Waals surface area contributed by atoms with Gasteiger partial charge in [-0.2, -0.15) is 0 Å². The Morgan fingerprint density at radius 1 is 1.22 bits per heavy atom. The van der Waals surface area contributed by atoms with Crippen molar-refractivity contribution in [1.29, 1.82) is 0 Å². The Labute approximate surface area is 185 Å². The Hall–Kier alpha value is -3.52. The van der Waals surface area contributed by atoms with E-state index in [0.29, 0.717) is 28.4 Å². The van der Waals surface area contributed by atoms with Gasteiger partial charge in [-0.15, -0.1) is 0 Å². The van der Waals surface area contributed by atoms with Crippen LogP contribution in [0.5, 0.6) is 5.75 Å². The van der Waals surface area contributed by atoms with Gasteiger partial charge in [0.2, 0.25) is 0 Å². The van der Waals surface area contributed by atoms with Crippen LogP contribution in [-0.2, 0) is 6.54 Å². The molecule has 1 aromatic carbocycles. The molecule has 1 atom stereocenters. The molecule has 0 spiro atoms. The first-order valence-electron chi connectivity index (χ1n) is 10.6. The zero-order valence-corrected chi connectivity index (χ0v) is 18.0. The normalized spacial score (nSPS) is 17.8. The lowest BCUT2D eigenvalue weighted by molar-refractivity contribution is 0.0996. The highest BCUT2D eigenvalue weighted by Crippen LogP contribution is 2.38. The Kier molecular flexibility index (Phi) is 5.01. The number of anilines is 2. The van der Waals surface area contributed by atoms with Gasteiger partial charge >= 0.3 is 0 Å². The van der Waals surface area contributed by atoms with Crippen molar-refractivity contribution in [3.8, 4) is 17.0 Å². The van der Waals surface area contributed by atoms with Crippen molar-refractivity contribution >= 4 is 17.5 Å². The number of nitrogens with two attached hydrogens (primary N) is 1. The molecule has 0 bridgehead atoms. The summed E-state index contributed by atoms with van der Waals surface area (Å²) >= 11 is 0. The average molecular weight is 433 g/mol. The van der Waals surface area contributed by atoms with Crippen molar-refractivity contribution in [3.63, 3.8) is 0 Å². The summed E-state index contributed by atoms with van der Waals surface area (Å²) in [6.07, 6.45) is 2.45. The first-order chi connectivity index (χ1) is 15.5. The molecule has 1 saturated heterocycles. The summed E-state index contributed by atoms with van der Waals surface area (Å²) in [6.45, 7) is 3.82. The van der Waals surface area contributed by atoms with E-state index in [9.17, 15) is 9.18 Å². The molecular formula is C24H24FN5O2. The third-order valence-corrected chi connectivity index (χ3v) is 6.05.